The van der Waals surface area contributed by atoms with E-state index in [4.69, 9.17) is 56.8 Å². The summed E-state index contributed by atoms with van der Waals surface area (Å²) in [5.74, 6) is 7.99. The maximum atomic E-state index is 10.0. The molecule has 0 aliphatic carbocycles. The number of ketones is 4. The van der Waals surface area contributed by atoms with E-state index in [2.05, 4.69) is 0 Å². The number of methoxy groups -OCH3 is 12. The van der Waals surface area contributed by atoms with Crippen LogP contribution in [0.1, 0.15) is 40.5 Å². The molecule has 0 aliphatic rings. The molecule has 16 nitrogen and oxygen atoms in total. The van der Waals surface area contributed by atoms with Crippen molar-refractivity contribution in [2.45, 2.75) is 40.5 Å². The van der Waals surface area contributed by atoms with Crippen molar-refractivity contribution in [1.82, 2.24) is 0 Å². The topological polar surface area (TPSA) is 179 Å². The first kappa shape index (κ1) is 66.1. The molecule has 6 rings (SSSR count). The van der Waals surface area contributed by atoms with Crippen LogP contribution in [0.3, 0.4) is 0 Å². The van der Waals surface area contributed by atoms with Gasteiger partial charge in [0, 0.05) is 32.3 Å². The number of carbonyl (C=O) groups excluding carboxylic acids is 4. The van der Waals surface area contributed by atoms with Crippen molar-refractivity contribution >= 4 is 70.8 Å². The maximum Gasteiger partial charge on any atom is 0.137 e. The number of ether oxygens (including phenoxy) is 12. The summed E-state index contributed by atoms with van der Waals surface area (Å²) in [6, 6.07) is 34.3. The van der Waals surface area contributed by atoms with E-state index in [1.807, 2.05) is 109 Å². The molecule has 0 radical (unpaired) electrons. The van der Waals surface area contributed by atoms with Crippen molar-refractivity contribution in [3.63, 3.8) is 0 Å². The molecule has 418 valence electrons. The molecule has 0 fully saturated rings. The molecular weight excluding hydrogens is 1070 g/mol. The van der Waals surface area contributed by atoms with E-state index >= 15 is 0 Å². The summed E-state index contributed by atoms with van der Waals surface area (Å²) < 4.78 is 69.3. The van der Waals surface area contributed by atoms with E-state index in [0.29, 0.717) is 69.0 Å². The van der Waals surface area contributed by atoms with Crippen LogP contribution in [0.4, 0.5) is 0 Å². The number of hydrogen-bond acceptors (Lipinski definition) is 16. The van der Waals surface area contributed by atoms with Gasteiger partial charge in [0.25, 0.3) is 0 Å². The zero-order valence-electron chi connectivity index (χ0n) is 46.5. The van der Waals surface area contributed by atoms with Gasteiger partial charge in [-0.25, -0.2) is 0 Å². The quantitative estimate of drug-likeness (QED) is 0.0361. The van der Waals surface area contributed by atoms with Crippen LogP contribution >= 0.6 is 15.8 Å². The molecule has 0 amide bonds. The third kappa shape index (κ3) is 17.5. The van der Waals surface area contributed by atoms with Crippen LogP contribution in [0.2, 0.25) is 0 Å². The Morgan fingerprint density at radius 1 is 0.260 bits per heavy atom. The molecular formula is C58H70NiO16P2. The number of Topliss-reactive ketones (excluding diaryl/α,β-unsaturated/α-hetero) is 4. The molecule has 0 atom stereocenters. The summed E-state index contributed by atoms with van der Waals surface area (Å²) in [4.78, 5) is 40.1. The van der Waals surface area contributed by atoms with Crippen molar-refractivity contribution in [2.24, 2.45) is 0 Å². The molecule has 6 aromatic carbocycles. The molecule has 0 aliphatic heterocycles. The molecule has 0 saturated carbocycles. The van der Waals surface area contributed by atoms with Gasteiger partial charge in [0.15, 0.2) is 0 Å². The van der Waals surface area contributed by atoms with Gasteiger partial charge in [0.2, 0.25) is 0 Å². The summed E-state index contributed by atoms with van der Waals surface area (Å²) in [6.45, 7) is 5.62. The third-order valence-electron chi connectivity index (χ3n) is 10.7. The van der Waals surface area contributed by atoms with Crippen LogP contribution in [-0.4, -0.2) is 108 Å². The molecule has 0 aromatic heterocycles. The zero-order chi connectivity index (χ0) is 56.5. The van der Waals surface area contributed by atoms with Crippen molar-refractivity contribution < 1.29 is 92.5 Å². The molecule has 0 unspecified atom stereocenters. The monoisotopic (exact) mass is 1140 g/mol. The summed E-state index contributed by atoms with van der Waals surface area (Å²) in [5, 5.41) is 5.21. The Balaban J connectivity index is 0.000000418. The van der Waals surface area contributed by atoms with Gasteiger partial charge in [-0.3, -0.25) is 19.2 Å². The molecule has 0 bridgehead atoms. The average molecular weight is 1140 g/mol. The van der Waals surface area contributed by atoms with Crippen LogP contribution in [0.5, 0.6) is 69.0 Å². The number of rotatable bonds is 22. The van der Waals surface area contributed by atoms with Gasteiger partial charge in [-0.2, -0.15) is 0 Å². The minimum absolute atomic E-state index is 0. The summed E-state index contributed by atoms with van der Waals surface area (Å²) in [5.41, 5.74) is 0. The molecule has 19 heteroatoms. The van der Waals surface area contributed by atoms with E-state index in [-0.39, 0.29) is 52.5 Å². The predicted octanol–water partition coefficient (Wildman–Crippen LogP) is 8.10. The van der Waals surface area contributed by atoms with Crippen LogP contribution in [-0.2, 0) is 35.7 Å². The van der Waals surface area contributed by atoms with Crippen LogP contribution in [0.25, 0.3) is 0 Å². The molecule has 0 heterocycles. The second-order valence-electron chi connectivity index (χ2n) is 15.9. The molecule has 0 saturated heterocycles. The summed E-state index contributed by atoms with van der Waals surface area (Å²) in [7, 11) is 17.0. The van der Waals surface area contributed by atoms with Gasteiger partial charge in [0.05, 0.1) is 130 Å². The minimum atomic E-state index is -1.36. The van der Waals surface area contributed by atoms with Gasteiger partial charge >= 0.3 is 0 Å². The van der Waals surface area contributed by atoms with Crippen LogP contribution in [0, 0.1) is 0 Å². The normalized spacial score (nSPS) is 10.0. The Labute approximate surface area is 465 Å². The predicted molar refractivity (Wildman–Crippen MR) is 301 cm³/mol. The Bertz CT molecular complexity index is 2260. The largest absolute Gasteiger partial charge is 0.496 e. The van der Waals surface area contributed by atoms with Gasteiger partial charge in [0.1, 0.15) is 92.1 Å². The van der Waals surface area contributed by atoms with Gasteiger partial charge in [-0.1, -0.05) is 36.4 Å². The van der Waals surface area contributed by atoms with Crippen molar-refractivity contribution in [3.05, 3.63) is 109 Å². The molecule has 0 spiro atoms. The van der Waals surface area contributed by atoms with Crippen LogP contribution in [0.15, 0.2) is 109 Å². The fourth-order valence-electron chi connectivity index (χ4n) is 7.68. The Hall–Kier alpha value is -7.05. The second kappa shape index (κ2) is 33.9. The van der Waals surface area contributed by atoms with Crippen molar-refractivity contribution in [3.8, 4) is 69.0 Å². The van der Waals surface area contributed by atoms with E-state index < -0.39 is 15.8 Å². The van der Waals surface area contributed by atoms with E-state index in [9.17, 15) is 19.2 Å². The van der Waals surface area contributed by atoms with Gasteiger partial charge < -0.3 is 56.8 Å². The average Bonchev–Trinajstić information content (AvgIpc) is 3.43. The first-order chi connectivity index (χ1) is 36.5. The standard InChI is InChI=1S/2C24H27O6P.2C5H8O2.Ni/c2*1-25-16-10-7-11-17(26-2)22(16)31(23-18(27-3)12-8-13-19(23)28-4)24-20(29-5)14-9-15-21(24)30-6;2*1-4(6)3-5(2)7;/h2*7-15H,1-6H3;2*3H2,1-2H3;. The van der Waals surface area contributed by atoms with Crippen molar-refractivity contribution in [2.75, 3.05) is 85.3 Å². The molecule has 77 heavy (non-hydrogen) atoms. The molecule has 0 N–H and O–H groups in total. The van der Waals surface area contributed by atoms with Gasteiger partial charge in [-0.05, 0) is 100 Å². The maximum absolute atomic E-state index is 10.0. The fourth-order valence-corrected chi connectivity index (χ4v) is 13.7. The number of hydrogen-bond donors (Lipinski definition) is 0. The van der Waals surface area contributed by atoms with Gasteiger partial charge in [-0.15, -0.1) is 0 Å². The Morgan fingerprint density at radius 3 is 0.429 bits per heavy atom. The first-order valence-corrected chi connectivity index (χ1v) is 26.1. The van der Waals surface area contributed by atoms with Crippen LogP contribution < -0.4 is 88.7 Å². The third-order valence-corrected chi connectivity index (χ3v) is 16.1. The fraction of sp³-hybridized carbons (Fsp3) is 0.310. The second-order valence-corrected chi connectivity index (χ2v) is 19.9. The Morgan fingerprint density at radius 2 is 0.364 bits per heavy atom. The van der Waals surface area contributed by atoms with E-state index in [1.165, 1.54) is 27.7 Å². The zero-order valence-corrected chi connectivity index (χ0v) is 49.3. The molecule has 6 aromatic rings. The number of carbonyl (C=O) groups is 4. The van der Waals surface area contributed by atoms with E-state index in [0.717, 1.165) is 31.8 Å². The summed E-state index contributed by atoms with van der Waals surface area (Å²) >= 11 is 0. The van der Waals surface area contributed by atoms with E-state index in [1.54, 1.807) is 85.3 Å². The minimum Gasteiger partial charge on any atom is -0.496 e. The summed E-state index contributed by atoms with van der Waals surface area (Å²) in [6.07, 6.45) is 0.167. The van der Waals surface area contributed by atoms with Crippen molar-refractivity contribution in [1.29, 1.82) is 0 Å². The smallest absolute Gasteiger partial charge is 0.137 e. The Kier molecular flexibility index (Phi) is 29.1. The first-order valence-electron chi connectivity index (χ1n) is 23.4. The number of benzene rings is 6. The SMILES string of the molecule is CC(=O)CC(C)=O.CC(=O)CC(C)=O.COc1cccc(OC)c1P(c1c(OC)cccc1OC)c1c(OC)cccc1OC.COc1cccc(OC)c1P(c1c(OC)cccc1OC)c1c(OC)cccc1OC.[Ni].